The summed E-state index contributed by atoms with van der Waals surface area (Å²) in [4.78, 5) is 18.8. The molecule has 0 radical (unpaired) electrons. The Hall–Kier alpha value is -4.04. The molecule has 4 aromatic rings. The van der Waals surface area contributed by atoms with Gasteiger partial charge in [0.05, 0.1) is 42.6 Å². The molecule has 14 heteroatoms. The Bertz CT molecular complexity index is 1520. The normalized spacial score (nSPS) is 18.6. The zero-order valence-corrected chi connectivity index (χ0v) is 20.9. The number of nitrogen functional groups attached to an aromatic ring is 1. The number of aromatic nitrogens is 5. The number of rotatable bonds is 7. The topological polar surface area (TPSA) is 141 Å². The molecule has 5 rings (SSSR count). The van der Waals surface area contributed by atoms with Gasteiger partial charge in [0.15, 0.2) is 23.0 Å². The van der Waals surface area contributed by atoms with Crippen molar-refractivity contribution in [3.05, 3.63) is 54.2 Å². The first-order valence-electron chi connectivity index (χ1n) is 12.1. The number of piperidine rings is 1. The van der Waals surface area contributed by atoms with Gasteiger partial charge in [-0.2, -0.15) is 0 Å². The summed E-state index contributed by atoms with van der Waals surface area (Å²) in [6.07, 6.45) is -1.61. The fraction of sp³-hybridized carbons (Fsp3) is 0.360. The summed E-state index contributed by atoms with van der Waals surface area (Å²) in [5.41, 5.74) is 12.3. The van der Waals surface area contributed by atoms with Gasteiger partial charge in [0, 0.05) is 24.7 Å². The van der Waals surface area contributed by atoms with E-state index in [0.29, 0.717) is 35.5 Å². The van der Waals surface area contributed by atoms with Crippen molar-refractivity contribution < 1.29 is 27.4 Å². The quantitative estimate of drug-likeness (QED) is 0.298. The van der Waals surface area contributed by atoms with Gasteiger partial charge in [-0.1, -0.05) is 0 Å². The summed E-state index contributed by atoms with van der Waals surface area (Å²) in [5.74, 6) is -1.58. The lowest BCUT2D eigenvalue weighted by atomic mass is 9.84. The molecule has 2 atom stereocenters. The number of imidazole rings is 1. The maximum atomic E-state index is 14.9. The van der Waals surface area contributed by atoms with E-state index in [1.54, 1.807) is 15.5 Å². The molecule has 206 valence electrons. The Kier molecular flexibility index (Phi) is 6.99. The first kappa shape index (κ1) is 26.6. The number of fused-ring (bicyclic) bond motifs is 1. The molecular formula is C25H26F4N8O2. The van der Waals surface area contributed by atoms with Crippen LogP contribution in [0, 0.1) is 11.6 Å². The van der Waals surface area contributed by atoms with Crippen molar-refractivity contribution in [2.75, 3.05) is 30.8 Å². The van der Waals surface area contributed by atoms with Crippen LogP contribution in [0.25, 0.3) is 22.4 Å². The van der Waals surface area contributed by atoms with Crippen LogP contribution in [0.15, 0.2) is 36.9 Å². The van der Waals surface area contributed by atoms with Crippen molar-refractivity contribution in [3.63, 3.8) is 0 Å². The molecule has 1 aliphatic heterocycles. The number of halogens is 4. The molecule has 0 saturated carbocycles. The monoisotopic (exact) mass is 546 g/mol. The van der Waals surface area contributed by atoms with Crippen molar-refractivity contribution in [3.8, 4) is 17.0 Å². The third kappa shape index (κ3) is 4.92. The standard InChI is InChI=1S/C25H26F4N8O2/c1-39-19-8-14(26)13(7-15(19)27)16-3-4-18(36-6-2-5-25(31,10-36)21(38)22(28)29)17(35-16)9-37-12-34-20-23(30)32-11-33-24(20)37/h3-4,7-8,11-12,21-22,38H,2,5-6,9-10,31H2,1H3,(H2,30,32,33)/t21-,25-/m1/s1. The van der Waals surface area contributed by atoms with Gasteiger partial charge in [-0.3, -0.25) is 0 Å². The van der Waals surface area contributed by atoms with E-state index >= 15 is 0 Å². The lowest BCUT2D eigenvalue weighted by Crippen LogP contribution is -2.63. The summed E-state index contributed by atoms with van der Waals surface area (Å²) in [6, 6.07) is 5.07. The molecule has 1 aliphatic rings. The minimum atomic E-state index is -3.01. The number of aliphatic hydroxyl groups is 1. The lowest BCUT2D eigenvalue weighted by Gasteiger charge is -2.44. The van der Waals surface area contributed by atoms with Gasteiger partial charge in [-0.05, 0) is 31.0 Å². The minimum absolute atomic E-state index is 0.0713. The number of nitrogens with zero attached hydrogens (tertiary/aromatic N) is 6. The Morgan fingerprint density at radius 2 is 1.95 bits per heavy atom. The smallest absolute Gasteiger partial charge is 0.265 e. The van der Waals surface area contributed by atoms with Crippen LogP contribution >= 0.6 is 0 Å². The van der Waals surface area contributed by atoms with E-state index in [9.17, 15) is 22.7 Å². The predicted octanol–water partition coefficient (Wildman–Crippen LogP) is 2.73. The highest BCUT2D eigenvalue weighted by atomic mass is 19.3. The van der Waals surface area contributed by atoms with E-state index < -0.39 is 29.7 Å². The molecule has 1 aromatic carbocycles. The van der Waals surface area contributed by atoms with Gasteiger partial charge in [0.25, 0.3) is 6.43 Å². The molecule has 0 amide bonds. The molecular weight excluding hydrogens is 520 g/mol. The SMILES string of the molecule is COc1cc(F)c(-c2ccc(N3CCC[C@](N)([C@H](O)C(F)F)C3)c(Cn3cnc4c(N)ncnc43)n2)cc1F. The maximum Gasteiger partial charge on any atom is 0.265 e. The largest absolute Gasteiger partial charge is 0.494 e. The highest BCUT2D eigenvalue weighted by Gasteiger charge is 2.43. The Balaban J connectivity index is 1.60. The Labute approximate surface area is 220 Å². The number of nitrogens with two attached hydrogens (primary N) is 2. The summed E-state index contributed by atoms with van der Waals surface area (Å²) in [7, 11) is 1.23. The van der Waals surface area contributed by atoms with E-state index in [2.05, 4.69) is 19.9 Å². The van der Waals surface area contributed by atoms with E-state index in [4.69, 9.17) is 16.2 Å². The van der Waals surface area contributed by atoms with Gasteiger partial charge in [-0.25, -0.2) is 37.5 Å². The minimum Gasteiger partial charge on any atom is -0.494 e. The highest BCUT2D eigenvalue weighted by molar-refractivity contribution is 5.81. The fourth-order valence-corrected chi connectivity index (χ4v) is 4.92. The molecule has 0 aliphatic carbocycles. The molecule has 10 nitrogen and oxygen atoms in total. The number of alkyl halides is 2. The summed E-state index contributed by atoms with van der Waals surface area (Å²) < 4.78 is 62.7. The second-order valence-corrected chi connectivity index (χ2v) is 9.47. The van der Waals surface area contributed by atoms with Crippen LogP contribution in [0.3, 0.4) is 0 Å². The van der Waals surface area contributed by atoms with Crippen LogP contribution in [-0.4, -0.2) is 67.9 Å². The van der Waals surface area contributed by atoms with E-state index in [1.165, 1.54) is 25.8 Å². The van der Waals surface area contributed by atoms with Gasteiger partial charge in [-0.15, -0.1) is 0 Å². The second-order valence-electron chi connectivity index (χ2n) is 9.47. The van der Waals surface area contributed by atoms with Crippen LogP contribution in [-0.2, 0) is 6.54 Å². The molecule has 1 fully saturated rings. The third-order valence-electron chi connectivity index (χ3n) is 6.94. The molecule has 3 aromatic heterocycles. The molecule has 5 N–H and O–H groups in total. The Morgan fingerprint density at radius 3 is 2.69 bits per heavy atom. The zero-order chi connectivity index (χ0) is 27.9. The number of methoxy groups -OCH3 is 1. The molecule has 1 saturated heterocycles. The van der Waals surface area contributed by atoms with Crippen LogP contribution in [0.2, 0.25) is 0 Å². The van der Waals surface area contributed by atoms with E-state index in [-0.39, 0.29) is 42.3 Å². The van der Waals surface area contributed by atoms with Crippen molar-refractivity contribution in [2.24, 2.45) is 5.73 Å². The van der Waals surface area contributed by atoms with Crippen molar-refractivity contribution in [1.82, 2.24) is 24.5 Å². The number of aliphatic hydroxyl groups excluding tert-OH is 1. The first-order chi connectivity index (χ1) is 18.6. The predicted molar refractivity (Wildman–Crippen MR) is 135 cm³/mol. The average Bonchev–Trinajstić information content (AvgIpc) is 3.33. The van der Waals surface area contributed by atoms with Crippen molar-refractivity contribution in [1.29, 1.82) is 0 Å². The van der Waals surface area contributed by atoms with Crippen LogP contribution < -0.4 is 21.1 Å². The highest BCUT2D eigenvalue weighted by Crippen LogP contribution is 2.34. The zero-order valence-electron chi connectivity index (χ0n) is 20.9. The van der Waals surface area contributed by atoms with Gasteiger partial charge in [0.2, 0.25) is 0 Å². The molecule has 4 heterocycles. The molecule has 0 spiro atoms. The number of pyridine rings is 1. The number of hydrogen-bond donors (Lipinski definition) is 3. The maximum absolute atomic E-state index is 14.9. The van der Waals surface area contributed by atoms with Crippen LogP contribution in [0.1, 0.15) is 18.5 Å². The van der Waals surface area contributed by atoms with Crippen molar-refractivity contribution in [2.45, 2.75) is 37.5 Å². The van der Waals surface area contributed by atoms with Crippen molar-refractivity contribution >= 4 is 22.7 Å². The average molecular weight is 547 g/mol. The molecule has 0 unspecified atom stereocenters. The molecule has 39 heavy (non-hydrogen) atoms. The van der Waals surface area contributed by atoms with E-state index in [1.807, 2.05) is 0 Å². The fourth-order valence-electron chi connectivity index (χ4n) is 4.92. The van der Waals surface area contributed by atoms with Gasteiger partial charge >= 0.3 is 0 Å². The Morgan fingerprint density at radius 1 is 1.15 bits per heavy atom. The number of anilines is 2. The van der Waals surface area contributed by atoms with Crippen LogP contribution in [0.5, 0.6) is 5.75 Å². The second kappa shape index (κ2) is 10.3. The number of hydrogen-bond acceptors (Lipinski definition) is 9. The number of benzene rings is 1. The van der Waals surface area contributed by atoms with Gasteiger partial charge < -0.3 is 30.8 Å². The summed E-state index contributed by atoms with van der Waals surface area (Å²) in [6.45, 7) is 0.452. The summed E-state index contributed by atoms with van der Waals surface area (Å²) >= 11 is 0. The van der Waals surface area contributed by atoms with Gasteiger partial charge in [0.1, 0.15) is 23.8 Å². The van der Waals surface area contributed by atoms with Crippen LogP contribution in [0.4, 0.5) is 29.1 Å². The van der Waals surface area contributed by atoms with E-state index in [0.717, 1.165) is 12.1 Å². The summed E-state index contributed by atoms with van der Waals surface area (Å²) in [5, 5.41) is 10.1. The first-order valence-corrected chi connectivity index (χ1v) is 12.1. The third-order valence-corrected chi connectivity index (χ3v) is 6.94. The lowest BCUT2D eigenvalue weighted by molar-refractivity contribution is -0.0529. The number of ether oxygens (including phenoxy) is 1. The molecule has 0 bridgehead atoms.